The summed E-state index contributed by atoms with van der Waals surface area (Å²) in [6.45, 7) is 7.15. The van der Waals surface area contributed by atoms with Crippen molar-refractivity contribution in [1.29, 1.82) is 0 Å². The molecule has 0 rings (SSSR count). The summed E-state index contributed by atoms with van der Waals surface area (Å²) >= 11 is 0. The molecule has 0 bridgehead atoms. The molecule has 0 aromatic heterocycles. The topological polar surface area (TPSA) is 105 Å². The van der Waals surface area contributed by atoms with Crippen LogP contribution in [-0.4, -0.2) is 48.7 Å². The number of esters is 2. The van der Waals surface area contributed by atoms with Gasteiger partial charge in [0.1, 0.15) is 25.3 Å². The van der Waals surface area contributed by atoms with E-state index in [-0.39, 0.29) is 13.2 Å². The van der Waals surface area contributed by atoms with Crippen molar-refractivity contribution in [2.45, 2.75) is 12.1 Å². The molecule has 114 valence electrons. The van der Waals surface area contributed by atoms with E-state index in [1.54, 1.807) is 0 Å². The van der Waals surface area contributed by atoms with Crippen molar-refractivity contribution in [3.8, 4) is 0 Å². The van der Waals surface area contributed by atoms with E-state index < -0.39 is 24.0 Å². The lowest BCUT2D eigenvalue weighted by atomic mass is 10.4. The van der Waals surface area contributed by atoms with Crippen molar-refractivity contribution in [1.82, 2.24) is 0 Å². The van der Waals surface area contributed by atoms with Gasteiger partial charge in [-0.3, -0.25) is 9.59 Å². The SMILES string of the molecule is C=CCOC(=O)C(N)CSSCC(N)C(=O)OCC=C. The largest absolute Gasteiger partial charge is 0.460 e. The van der Waals surface area contributed by atoms with Gasteiger partial charge < -0.3 is 20.9 Å². The van der Waals surface area contributed by atoms with Crippen LogP contribution in [0, 0.1) is 0 Å². The number of ether oxygens (including phenoxy) is 2. The number of rotatable bonds is 11. The van der Waals surface area contributed by atoms with Crippen LogP contribution in [0.25, 0.3) is 0 Å². The number of hydrogen-bond donors (Lipinski definition) is 2. The Morgan fingerprint density at radius 2 is 1.30 bits per heavy atom. The first kappa shape index (κ1) is 19.0. The molecule has 0 spiro atoms. The van der Waals surface area contributed by atoms with Crippen LogP contribution >= 0.6 is 21.6 Å². The average molecular weight is 320 g/mol. The molecule has 0 aromatic rings. The van der Waals surface area contributed by atoms with Gasteiger partial charge in [-0.2, -0.15) is 0 Å². The third-order valence-electron chi connectivity index (χ3n) is 1.87. The molecular formula is C12H20N2O4S2. The number of nitrogens with two attached hydrogens (primary N) is 2. The molecule has 20 heavy (non-hydrogen) atoms. The van der Waals surface area contributed by atoms with E-state index >= 15 is 0 Å². The lowest BCUT2D eigenvalue weighted by Gasteiger charge is -2.11. The van der Waals surface area contributed by atoms with E-state index in [0.29, 0.717) is 11.5 Å². The van der Waals surface area contributed by atoms with Crippen molar-refractivity contribution >= 4 is 33.5 Å². The quantitative estimate of drug-likeness (QED) is 0.245. The first-order valence-electron chi connectivity index (χ1n) is 5.83. The molecule has 0 aliphatic carbocycles. The van der Waals surface area contributed by atoms with Crippen LogP contribution in [0.3, 0.4) is 0 Å². The summed E-state index contributed by atoms with van der Waals surface area (Å²) < 4.78 is 9.60. The highest BCUT2D eigenvalue weighted by Crippen LogP contribution is 2.22. The van der Waals surface area contributed by atoms with Gasteiger partial charge in [0.15, 0.2) is 0 Å². The van der Waals surface area contributed by atoms with Gasteiger partial charge >= 0.3 is 11.9 Å². The van der Waals surface area contributed by atoms with Gasteiger partial charge in [-0.15, -0.1) is 0 Å². The summed E-state index contributed by atoms with van der Waals surface area (Å²) in [6.07, 6.45) is 2.95. The number of carbonyl (C=O) groups excluding carboxylic acids is 2. The molecule has 0 aliphatic heterocycles. The van der Waals surface area contributed by atoms with E-state index in [2.05, 4.69) is 13.2 Å². The Kier molecular flexibility index (Phi) is 11.3. The number of carbonyl (C=O) groups is 2. The zero-order valence-corrected chi connectivity index (χ0v) is 12.8. The van der Waals surface area contributed by atoms with Gasteiger partial charge in [-0.1, -0.05) is 46.9 Å². The standard InChI is InChI=1S/C12H20N2O4S2/c1-3-5-17-11(15)9(13)7-19-20-8-10(14)12(16)18-6-4-2/h3-4,9-10H,1-2,5-8,13-14H2. The smallest absolute Gasteiger partial charge is 0.324 e. The summed E-state index contributed by atoms with van der Waals surface area (Å²) in [4.78, 5) is 22.7. The molecule has 2 unspecified atom stereocenters. The molecule has 0 aliphatic rings. The Balaban J connectivity index is 3.73. The average Bonchev–Trinajstić information content (AvgIpc) is 2.45. The van der Waals surface area contributed by atoms with Crippen molar-refractivity contribution in [3.05, 3.63) is 25.3 Å². The van der Waals surface area contributed by atoms with E-state index in [1.165, 1.54) is 33.7 Å². The molecule has 0 saturated heterocycles. The molecule has 6 nitrogen and oxygen atoms in total. The molecule has 0 amide bonds. The van der Waals surface area contributed by atoms with Crippen molar-refractivity contribution in [2.24, 2.45) is 11.5 Å². The predicted octanol–water partition coefficient (Wildman–Crippen LogP) is 0.481. The van der Waals surface area contributed by atoms with Gasteiger partial charge in [-0.25, -0.2) is 0 Å². The summed E-state index contributed by atoms with van der Waals surface area (Å²) in [5, 5.41) is 0. The van der Waals surface area contributed by atoms with Crippen molar-refractivity contribution < 1.29 is 19.1 Å². The van der Waals surface area contributed by atoms with Crippen molar-refractivity contribution in [3.63, 3.8) is 0 Å². The maximum Gasteiger partial charge on any atom is 0.324 e. The Labute approximate surface area is 126 Å². The molecular weight excluding hydrogens is 300 g/mol. The van der Waals surface area contributed by atoms with E-state index in [4.69, 9.17) is 20.9 Å². The van der Waals surface area contributed by atoms with Crippen LogP contribution in [0.15, 0.2) is 25.3 Å². The van der Waals surface area contributed by atoms with Gasteiger partial charge in [-0.05, 0) is 0 Å². The fourth-order valence-corrected chi connectivity index (χ4v) is 3.09. The molecule has 8 heteroatoms. The second kappa shape index (κ2) is 11.8. The van der Waals surface area contributed by atoms with E-state index in [1.807, 2.05) is 0 Å². The first-order valence-corrected chi connectivity index (χ1v) is 8.32. The van der Waals surface area contributed by atoms with Crippen LogP contribution in [0.2, 0.25) is 0 Å². The monoisotopic (exact) mass is 320 g/mol. The number of hydrogen-bond acceptors (Lipinski definition) is 8. The molecule has 0 radical (unpaired) electrons. The molecule has 0 aromatic carbocycles. The highest BCUT2D eigenvalue weighted by Gasteiger charge is 2.17. The van der Waals surface area contributed by atoms with Crippen LogP contribution < -0.4 is 11.5 Å². The van der Waals surface area contributed by atoms with E-state index in [9.17, 15) is 9.59 Å². The fraction of sp³-hybridized carbons (Fsp3) is 0.500. The molecule has 4 N–H and O–H groups in total. The minimum Gasteiger partial charge on any atom is -0.460 e. The second-order valence-electron chi connectivity index (χ2n) is 3.62. The van der Waals surface area contributed by atoms with Gasteiger partial charge in [0.25, 0.3) is 0 Å². The fourth-order valence-electron chi connectivity index (χ4n) is 0.875. The van der Waals surface area contributed by atoms with Crippen LogP contribution in [0.5, 0.6) is 0 Å². The minimum absolute atomic E-state index is 0.143. The maximum atomic E-state index is 11.3. The lowest BCUT2D eigenvalue weighted by molar-refractivity contribution is -0.144. The Morgan fingerprint density at radius 1 is 0.950 bits per heavy atom. The van der Waals surface area contributed by atoms with Crippen LogP contribution in [0.1, 0.15) is 0 Å². The molecule has 0 heterocycles. The summed E-state index contributed by atoms with van der Waals surface area (Å²) in [6, 6.07) is -1.42. The second-order valence-corrected chi connectivity index (χ2v) is 6.17. The van der Waals surface area contributed by atoms with Crippen LogP contribution in [-0.2, 0) is 19.1 Å². The normalized spacial score (nSPS) is 13.1. The highest BCUT2D eigenvalue weighted by molar-refractivity contribution is 8.76. The van der Waals surface area contributed by atoms with Gasteiger partial charge in [0, 0.05) is 11.5 Å². The molecule has 0 saturated carbocycles. The predicted molar refractivity (Wildman–Crippen MR) is 83.2 cm³/mol. The third-order valence-corrected chi connectivity index (χ3v) is 4.34. The Hall–Kier alpha value is -0.960. The Bertz CT molecular complexity index is 307. The van der Waals surface area contributed by atoms with Gasteiger partial charge in [0.05, 0.1) is 0 Å². The summed E-state index contributed by atoms with van der Waals surface area (Å²) in [5.74, 6) is -0.218. The zero-order chi connectivity index (χ0) is 15.4. The lowest BCUT2D eigenvalue weighted by Crippen LogP contribution is -2.35. The van der Waals surface area contributed by atoms with Gasteiger partial charge in [0.2, 0.25) is 0 Å². The van der Waals surface area contributed by atoms with Crippen molar-refractivity contribution in [2.75, 3.05) is 24.7 Å². The third kappa shape index (κ3) is 9.03. The first-order chi connectivity index (χ1) is 9.52. The van der Waals surface area contributed by atoms with Crippen LogP contribution in [0.4, 0.5) is 0 Å². The summed E-state index contributed by atoms with van der Waals surface area (Å²) in [7, 11) is 2.70. The molecule has 0 fully saturated rings. The molecule has 2 atom stereocenters. The minimum atomic E-state index is -0.712. The summed E-state index contributed by atoms with van der Waals surface area (Å²) in [5.41, 5.74) is 11.2. The zero-order valence-electron chi connectivity index (χ0n) is 11.2. The maximum absolute atomic E-state index is 11.3. The highest BCUT2D eigenvalue weighted by atomic mass is 33.1. The Morgan fingerprint density at radius 3 is 1.60 bits per heavy atom. The van der Waals surface area contributed by atoms with E-state index in [0.717, 1.165) is 0 Å².